The molecule has 5 rings (SSSR count). The fourth-order valence-corrected chi connectivity index (χ4v) is 5.14. The number of anilines is 1. The van der Waals surface area contributed by atoms with Gasteiger partial charge in [-0.25, -0.2) is 9.97 Å². The number of methoxy groups -OCH3 is 1. The molecule has 1 aromatic carbocycles. The maximum atomic E-state index is 13.4. The summed E-state index contributed by atoms with van der Waals surface area (Å²) >= 11 is 1.28. The fraction of sp³-hybridized carbons (Fsp3) is 0.391. The number of amides is 1. The molecular formula is C23H25N7O4S. The normalized spacial score (nSPS) is 15.7. The first-order valence-electron chi connectivity index (χ1n) is 11.3. The van der Waals surface area contributed by atoms with Crippen LogP contribution in [0.4, 0.5) is 5.13 Å². The Morgan fingerprint density at radius 2 is 2.09 bits per heavy atom. The zero-order chi connectivity index (χ0) is 24.4. The second-order valence-corrected chi connectivity index (χ2v) is 9.19. The van der Waals surface area contributed by atoms with Crippen molar-refractivity contribution in [1.29, 1.82) is 0 Å². The number of ether oxygens (including phenoxy) is 1. The van der Waals surface area contributed by atoms with Crippen LogP contribution in [0.15, 0.2) is 39.6 Å². The fourth-order valence-electron chi connectivity index (χ4n) is 4.13. The van der Waals surface area contributed by atoms with E-state index in [1.807, 2.05) is 35.2 Å². The molecule has 35 heavy (non-hydrogen) atoms. The lowest BCUT2D eigenvalue weighted by molar-refractivity contribution is -0.122. The summed E-state index contributed by atoms with van der Waals surface area (Å²) in [6.07, 6.45) is 1.58. The van der Waals surface area contributed by atoms with Gasteiger partial charge in [-0.15, -0.1) is 0 Å². The van der Waals surface area contributed by atoms with Crippen LogP contribution >= 0.6 is 11.3 Å². The van der Waals surface area contributed by atoms with Crippen LogP contribution in [0.5, 0.6) is 0 Å². The first kappa shape index (κ1) is 23.1. The molecule has 3 aromatic heterocycles. The Morgan fingerprint density at radius 3 is 2.83 bits per heavy atom. The molecule has 0 unspecified atom stereocenters. The van der Waals surface area contributed by atoms with Crippen LogP contribution < -0.4 is 15.8 Å². The van der Waals surface area contributed by atoms with Crippen molar-refractivity contribution < 1.29 is 14.1 Å². The van der Waals surface area contributed by atoms with E-state index in [4.69, 9.17) is 9.26 Å². The molecule has 4 aromatic rings. The highest BCUT2D eigenvalue weighted by Crippen LogP contribution is 2.32. The maximum absolute atomic E-state index is 13.4. The molecule has 1 fully saturated rings. The molecule has 0 aliphatic carbocycles. The van der Waals surface area contributed by atoms with Crippen molar-refractivity contribution in [3.63, 3.8) is 0 Å². The highest BCUT2D eigenvalue weighted by Gasteiger charge is 2.33. The average Bonchev–Trinajstić information content (AvgIpc) is 3.61. The number of rotatable bonds is 8. The van der Waals surface area contributed by atoms with Gasteiger partial charge in [0.05, 0.1) is 13.2 Å². The van der Waals surface area contributed by atoms with Crippen molar-refractivity contribution in [2.24, 2.45) is 0 Å². The Bertz CT molecular complexity index is 1400. The largest absolute Gasteiger partial charge is 0.383 e. The number of nitrogens with zero attached hydrogens (tertiary/aromatic N) is 6. The lowest BCUT2D eigenvalue weighted by atomic mass is 10.2. The number of aromatic nitrogens is 5. The van der Waals surface area contributed by atoms with Gasteiger partial charge in [0.25, 0.3) is 11.4 Å². The Labute approximate surface area is 204 Å². The number of hydrogen-bond donors (Lipinski definition) is 1. The van der Waals surface area contributed by atoms with Gasteiger partial charge in [0.15, 0.2) is 21.3 Å². The SMILES string of the molecule is COCCn1c(-c2nc(C)no2)nc2sc(N3CCC[C@@H]3C(=O)NCc3ccccc3)nc2c1=O. The summed E-state index contributed by atoms with van der Waals surface area (Å²) in [5, 5.41) is 7.44. The predicted molar refractivity (Wildman–Crippen MR) is 130 cm³/mol. The van der Waals surface area contributed by atoms with E-state index in [0.29, 0.717) is 41.9 Å². The van der Waals surface area contributed by atoms with Crippen molar-refractivity contribution in [1.82, 2.24) is 30.0 Å². The van der Waals surface area contributed by atoms with Crippen LogP contribution in [0.25, 0.3) is 22.1 Å². The summed E-state index contributed by atoms with van der Waals surface area (Å²) in [6, 6.07) is 9.43. The minimum atomic E-state index is -0.354. The van der Waals surface area contributed by atoms with E-state index in [-0.39, 0.29) is 41.3 Å². The lowest BCUT2D eigenvalue weighted by Gasteiger charge is -2.23. The molecule has 1 amide bonds. The van der Waals surface area contributed by atoms with Crippen LogP contribution in [0, 0.1) is 6.92 Å². The van der Waals surface area contributed by atoms with Gasteiger partial charge in [-0.1, -0.05) is 46.8 Å². The average molecular weight is 496 g/mol. The summed E-state index contributed by atoms with van der Waals surface area (Å²) < 4.78 is 11.9. The Kier molecular flexibility index (Phi) is 6.55. The highest BCUT2D eigenvalue weighted by atomic mass is 32.1. The van der Waals surface area contributed by atoms with E-state index in [9.17, 15) is 9.59 Å². The van der Waals surface area contributed by atoms with Gasteiger partial charge in [0, 0.05) is 20.2 Å². The number of carbonyl (C=O) groups is 1. The van der Waals surface area contributed by atoms with Gasteiger partial charge in [0.1, 0.15) is 6.04 Å². The molecule has 4 heterocycles. The van der Waals surface area contributed by atoms with E-state index >= 15 is 0 Å². The topological polar surface area (TPSA) is 128 Å². The summed E-state index contributed by atoms with van der Waals surface area (Å²) in [5.74, 6) is 0.818. The van der Waals surface area contributed by atoms with Crippen LogP contribution in [0.2, 0.25) is 0 Å². The third kappa shape index (κ3) is 4.66. The number of carbonyl (C=O) groups excluding carboxylic acids is 1. The molecule has 1 saturated heterocycles. The van der Waals surface area contributed by atoms with Gasteiger partial charge >= 0.3 is 0 Å². The second kappa shape index (κ2) is 9.92. The van der Waals surface area contributed by atoms with Gasteiger partial charge in [-0.3, -0.25) is 14.2 Å². The zero-order valence-electron chi connectivity index (χ0n) is 19.4. The molecule has 11 nitrogen and oxygen atoms in total. The van der Waals surface area contributed by atoms with Gasteiger partial charge in [0.2, 0.25) is 11.7 Å². The van der Waals surface area contributed by atoms with Crippen molar-refractivity contribution in [2.45, 2.75) is 38.9 Å². The first-order valence-corrected chi connectivity index (χ1v) is 12.2. The highest BCUT2D eigenvalue weighted by molar-refractivity contribution is 7.21. The summed E-state index contributed by atoms with van der Waals surface area (Å²) in [6.45, 7) is 3.40. The van der Waals surface area contributed by atoms with E-state index in [1.165, 1.54) is 15.9 Å². The number of benzene rings is 1. The monoisotopic (exact) mass is 495 g/mol. The number of fused-ring (bicyclic) bond motifs is 1. The molecule has 0 saturated carbocycles. The molecule has 0 spiro atoms. The summed E-state index contributed by atoms with van der Waals surface area (Å²) in [7, 11) is 1.56. The number of nitrogens with one attached hydrogen (secondary N) is 1. The molecule has 182 valence electrons. The molecule has 12 heteroatoms. The van der Waals surface area contributed by atoms with Crippen LogP contribution in [-0.4, -0.2) is 56.9 Å². The third-order valence-electron chi connectivity index (χ3n) is 5.86. The molecule has 1 aliphatic rings. The van der Waals surface area contributed by atoms with Gasteiger partial charge < -0.3 is 19.5 Å². The van der Waals surface area contributed by atoms with E-state index in [0.717, 1.165) is 12.0 Å². The minimum Gasteiger partial charge on any atom is -0.383 e. The maximum Gasteiger partial charge on any atom is 0.294 e. The molecule has 1 atom stereocenters. The molecule has 0 radical (unpaired) electrons. The number of hydrogen-bond acceptors (Lipinski definition) is 10. The standard InChI is InChI=1S/C23H25N7O4S/c1-14-25-20(34-28-14)18-27-21-17(22(32)30(18)11-12-33-2)26-23(35-21)29-10-6-9-16(29)19(31)24-13-15-7-4-3-5-8-15/h3-5,7-8,16H,6,9-13H2,1-2H3,(H,24,31)/t16-/m1/s1. The molecule has 0 bridgehead atoms. The molecule has 1 N–H and O–H groups in total. The Morgan fingerprint density at radius 1 is 1.26 bits per heavy atom. The third-order valence-corrected chi connectivity index (χ3v) is 6.84. The van der Waals surface area contributed by atoms with Crippen molar-refractivity contribution >= 4 is 32.7 Å². The smallest absolute Gasteiger partial charge is 0.294 e. The van der Waals surface area contributed by atoms with Crippen molar-refractivity contribution in [2.75, 3.05) is 25.2 Å². The quantitative estimate of drug-likeness (QED) is 0.391. The van der Waals surface area contributed by atoms with E-state index in [2.05, 4.69) is 25.4 Å². The van der Waals surface area contributed by atoms with Crippen molar-refractivity contribution in [3.8, 4) is 11.7 Å². The number of thiazole rings is 1. The Hall–Kier alpha value is -3.64. The predicted octanol–water partition coefficient (Wildman–Crippen LogP) is 2.14. The van der Waals surface area contributed by atoms with Crippen LogP contribution in [0.1, 0.15) is 24.2 Å². The molecular weight excluding hydrogens is 470 g/mol. The second-order valence-electron chi connectivity index (χ2n) is 8.24. The van der Waals surface area contributed by atoms with Crippen LogP contribution in [0.3, 0.4) is 0 Å². The van der Waals surface area contributed by atoms with Crippen LogP contribution in [-0.2, 0) is 22.6 Å². The minimum absolute atomic E-state index is 0.0573. The number of aryl methyl sites for hydroxylation is 1. The zero-order valence-corrected chi connectivity index (χ0v) is 20.2. The van der Waals surface area contributed by atoms with Gasteiger partial charge in [-0.2, -0.15) is 4.98 Å². The summed E-state index contributed by atoms with van der Waals surface area (Å²) in [5.41, 5.74) is 0.969. The molecule has 1 aliphatic heterocycles. The van der Waals surface area contributed by atoms with Gasteiger partial charge in [-0.05, 0) is 25.3 Å². The van der Waals surface area contributed by atoms with E-state index < -0.39 is 0 Å². The first-order chi connectivity index (χ1) is 17.0. The summed E-state index contributed by atoms with van der Waals surface area (Å²) in [4.78, 5) is 42.3. The van der Waals surface area contributed by atoms with Crippen molar-refractivity contribution in [3.05, 3.63) is 52.1 Å². The Balaban J connectivity index is 1.45. The van der Waals surface area contributed by atoms with E-state index in [1.54, 1.807) is 14.0 Å². The lowest BCUT2D eigenvalue weighted by Crippen LogP contribution is -2.43.